The second-order valence-electron chi connectivity index (χ2n) is 4.77. The molecular formula is C14H20ClN. The Bertz CT molecular complexity index is 320. The second-order valence-corrected chi connectivity index (χ2v) is 5.33. The molecule has 1 aliphatic carbocycles. The monoisotopic (exact) mass is 237 g/mol. The molecule has 0 radical (unpaired) electrons. The third kappa shape index (κ3) is 3.23. The van der Waals surface area contributed by atoms with Crippen molar-refractivity contribution in [1.29, 1.82) is 0 Å². The summed E-state index contributed by atoms with van der Waals surface area (Å²) in [4.78, 5) is 0. The standard InChI is InChI=1S/C14H20ClN/c1-11-6-8-12(9-7-11)10-16-14-5-3-2-4-13(14)15/h6-9,13-14,16H,2-5,10H2,1H3. The van der Waals surface area contributed by atoms with Crippen LogP contribution in [0, 0.1) is 6.92 Å². The van der Waals surface area contributed by atoms with Crippen LogP contribution in [0.15, 0.2) is 24.3 Å². The van der Waals surface area contributed by atoms with Crippen LogP contribution in [0.25, 0.3) is 0 Å². The summed E-state index contributed by atoms with van der Waals surface area (Å²) in [6.07, 6.45) is 4.98. The van der Waals surface area contributed by atoms with Gasteiger partial charge in [-0.2, -0.15) is 0 Å². The fraction of sp³-hybridized carbons (Fsp3) is 0.571. The van der Waals surface area contributed by atoms with Gasteiger partial charge in [0.2, 0.25) is 0 Å². The summed E-state index contributed by atoms with van der Waals surface area (Å²) >= 11 is 6.31. The first-order valence-corrected chi connectivity index (χ1v) is 6.62. The molecule has 0 aliphatic heterocycles. The van der Waals surface area contributed by atoms with Crippen LogP contribution in [0.3, 0.4) is 0 Å². The van der Waals surface area contributed by atoms with Crippen molar-refractivity contribution in [2.24, 2.45) is 0 Å². The third-order valence-corrected chi connectivity index (χ3v) is 3.89. The van der Waals surface area contributed by atoms with Crippen LogP contribution >= 0.6 is 11.6 Å². The molecule has 0 aromatic heterocycles. The van der Waals surface area contributed by atoms with Gasteiger partial charge in [0.25, 0.3) is 0 Å². The van der Waals surface area contributed by atoms with Crippen LogP contribution in [-0.4, -0.2) is 11.4 Å². The van der Waals surface area contributed by atoms with Crippen molar-refractivity contribution in [3.05, 3.63) is 35.4 Å². The van der Waals surface area contributed by atoms with Crippen LogP contribution in [-0.2, 0) is 6.54 Å². The molecule has 0 amide bonds. The smallest absolute Gasteiger partial charge is 0.0489 e. The van der Waals surface area contributed by atoms with E-state index in [1.807, 2.05) is 0 Å². The molecule has 1 aromatic rings. The molecule has 88 valence electrons. The van der Waals surface area contributed by atoms with Gasteiger partial charge in [0.05, 0.1) is 0 Å². The molecule has 0 bridgehead atoms. The molecule has 1 saturated carbocycles. The van der Waals surface area contributed by atoms with Crippen molar-refractivity contribution in [3.8, 4) is 0 Å². The fourth-order valence-electron chi connectivity index (χ4n) is 2.27. The lowest BCUT2D eigenvalue weighted by Crippen LogP contribution is -2.38. The number of benzene rings is 1. The van der Waals surface area contributed by atoms with E-state index in [1.54, 1.807) is 0 Å². The number of hydrogen-bond acceptors (Lipinski definition) is 1. The van der Waals surface area contributed by atoms with Gasteiger partial charge in [0, 0.05) is 18.0 Å². The largest absolute Gasteiger partial charge is 0.308 e. The van der Waals surface area contributed by atoms with Crippen molar-refractivity contribution >= 4 is 11.6 Å². The van der Waals surface area contributed by atoms with Gasteiger partial charge in [-0.05, 0) is 25.3 Å². The zero-order valence-corrected chi connectivity index (χ0v) is 10.6. The minimum Gasteiger partial charge on any atom is -0.308 e. The molecule has 0 saturated heterocycles. The molecule has 2 heteroatoms. The molecule has 2 atom stereocenters. The summed E-state index contributed by atoms with van der Waals surface area (Å²) in [6.45, 7) is 3.06. The summed E-state index contributed by atoms with van der Waals surface area (Å²) in [5.41, 5.74) is 2.66. The maximum atomic E-state index is 6.31. The lowest BCUT2D eigenvalue weighted by molar-refractivity contribution is 0.378. The topological polar surface area (TPSA) is 12.0 Å². The maximum Gasteiger partial charge on any atom is 0.0489 e. The van der Waals surface area contributed by atoms with Gasteiger partial charge in [0.1, 0.15) is 0 Å². The fourth-order valence-corrected chi connectivity index (χ4v) is 2.64. The molecule has 0 heterocycles. The predicted octanol–water partition coefficient (Wildman–Crippen LogP) is 3.63. The van der Waals surface area contributed by atoms with E-state index in [0.717, 1.165) is 13.0 Å². The zero-order valence-electron chi connectivity index (χ0n) is 9.88. The van der Waals surface area contributed by atoms with Gasteiger partial charge in [-0.15, -0.1) is 11.6 Å². The SMILES string of the molecule is Cc1ccc(CNC2CCCCC2Cl)cc1. The number of alkyl halides is 1. The van der Waals surface area contributed by atoms with E-state index >= 15 is 0 Å². The summed E-state index contributed by atoms with van der Waals surface area (Å²) in [6, 6.07) is 9.20. The van der Waals surface area contributed by atoms with Crippen LogP contribution in [0.1, 0.15) is 36.8 Å². The molecule has 1 nitrogen and oxygen atoms in total. The van der Waals surface area contributed by atoms with Gasteiger partial charge in [-0.1, -0.05) is 42.7 Å². The average molecular weight is 238 g/mol. The molecular weight excluding hydrogens is 218 g/mol. The van der Waals surface area contributed by atoms with E-state index in [1.165, 1.54) is 30.4 Å². The van der Waals surface area contributed by atoms with Crippen molar-refractivity contribution in [1.82, 2.24) is 5.32 Å². The molecule has 1 aliphatic rings. The van der Waals surface area contributed by atoms with Crippen molar-refractivity contribution in [2.75, 3.05) is 0 Å². The van der Waals surface area contributed by atoms with E-state index in [4.69, 9.17) is 11.6 Å². The van der Waals surface area contributed by atoms with Crippen molar-refractivity contribution in [2.45, 2.75) is 50.6 Å². The predicted molar refractivity (Wildman–Crippen MR) is 69.9 cm³/mol. The van der Waals surface area contributed by atoms with Gasteiger partial charge in [-0.3, -0.25) is 0 Å². The maximum absolute atomic E-state index is 6.31. The molecule has 1 aromatic carbocycles. The lowest BCUT2D eigenvalue weighted by atomic mass is 9.95. The Balaban J connectivity index is 1.84. The minimum atomic E-state index is 0.319. The first-order chi connectivity index (χ1) is 7.75. The second kappa shape index (κ2) is 5.70. The Morgan fingerprint density at radius 3 is 2.56 bits per heavy atom. The molecule has 16 heavy (non-hydrogen) atoms. The van der Waals surface area contributed by atoms with Gasteiger partial charge in [0.15, 0.2) is 0 Å². The Hall–Kier alpha value is -0.530. The first-order valence-electron chi connectivity index (χ1n) is 6.19. The van der Waals surface area contributed by atoms with E-state index in [0.29, 0.717) is 11.4 Å². The summed E-state index contributed by atoms with van der Waals surface area (Å²) in [5.74, 6) is 0. The Morgan fingerprint density at radius 1 is 1.19 bits per heavy atom. The molecule has 1 N–H and O–H groups in total. The van der Waals surface area contributed by atoms with Gasteiger partial charge in [-0.25, -0.2) is 0 Å². The minimum absolute atomic E-state index is 0.319. The molecule has 2 rings (SSSR count). The summed E-state index contributed by atoms with van der Waals surface area (Å²) < 4.78 is 0. The van der Waals surface area contributed by atoms with Gasteiger partial charge >= 0.3 is 0 Å². The number of aryl methyl sites for hydroxylation is 1. The lowest BCUT2D eigenvalue weighted by Gasteiger charge is -2.28. The molecule has 1 fully saturated rings. The normalized spacial score (nSPS) is 25.6. The molecule has 0 spiro atoms. The van der Waals surface area contributed by atoms with E-state index in [2.05, 4.69) is 36.5 Å². The van der Waals surface area contributed by atoms with E-state index in [-0.39, 0.29) is 0 Å². The third-order valence-electron chi connectivity index (χ3n) is 3.37. The zero-order chi connectivity index (χ0) is 11.4. The van der Waals surface area contributed by atoms with E-state index in [9.17, 15) is 0 Å². The number of nitrogens with one attached hydrogen (secondary N) is 1. The molecule has 2 unspecified atom stereocenters. The van der Waals surface area contributed by atoms with Crippen LogP contribution in [0.2, 0.25) is 0 Å². The van der Waals surface area contributed by atoms with Crippen LogP contribution in [0.4, 0.5) is 0 Å². The Kier molecular flexibility index (Phi) is 4.25. The first kappa shape index (κ1) is 11.9. The summed E-state index contributed by atoms with van der Waals surface area (Å²) in [5, 5.41) is 3.89. The van der Waals surface area contributed by atoms with Crippen molar-refractivity contribution in [3.63, 3.8) is 0 Å². The number of hydrogen-bond donors (Lipinski definition) is 1. The average Bonchev–Trinajstić information content (AvgIpc) is 2.30. The summed E-state index contributed by atoms with van der Waals surface area (Å²) in [7, 11) is 0. The van der Waals surface area contributed by atoms with Gasteiger partial charge < -0.3 is 5.32 Å². The van der Waals surface area contributed by atoms with Crippen molar-refractivity contribution < 1.29 is 0 Å². The van der Waals surface area contributed by atoms with Crippen LogP contribution in [0.5, 0.6) is 0 Å². The quantitative estimate of drug-likeness (QED) is 0.792. The highest BCUT2D eigenvalue weighted by atomic mass is 35.5. The highest BCUT2D eigenvalue weighted by Crippen LogP contribution is 2.23. The van der Waals surface area contributed by atoms with E-state index < -0.39 is 0 Å². The number of rotatable bonds is 3. The Morgan fingerprint density at radius 2 is 1.88 bits per heavy atom. The highest BCUT2D eigenvalue weighted by Gasteiger charge is 2.22. The number of halogens is 1. The highest BCUT2D eigenvalue weighted by molar-refractivity contribution is 6.21. The van der Waals surface area contributed by atoms with Crippen LogP contribution < -0.4 is 5.32 Å². The Labute approximate surface area is 103 Å².